The number of hydrogen-bond donors (Lipinski definition) is 3. The Balaban J connectivity index is 2.05. The smallest absolute Gasteiger partial charge is 0.407 e. The van der Waals surface area contributed by atoms with Crippen molar-refractivity contribution < 1.29 is 14.3 Å². The zero-order valence-electron chi connectivity index (χ0n) is 23.3. The van der Waals surface area contributed by atoms with Crippen LogP contribution in [-0.2, 0) is 10.2 Å². The van der Waals surface area contributed by atoms with E-state index in [2.05, 4.69) is 68.3 Å². The van der Waals surface area contributed by atoms with Gasteiger partial charge in [0.1, 0.15) is 19.3 Å². The van der Waals surface area contributed by atoms with Crippen molar-refractivity contribution in [2.75, 3.05) is 6.54 Å². The van der Waals surface area contributed by atoms with Crippen molar-refractivity contribution in [3.63, 3.8) is 0 Å². The Morgan fingerprint density at radius 2 is 1.75 bits per heavy atom. The molecule has 0 spiro atoms. The van der Waals surface area contributed by atoms with E-state index in [9.17, 15) is 9.59 Å². The average Bonchev–Trinajstić information content (AvgIpc) is 3.40. The predicted octanol–water partition coefficient (Wildman–Crippen LogP) is 5.79. The molecule has 4 N–H and O–H groups in total. The Kier molecular flexibility index (Phi) is 7.66. The summed E-state index contributed by atoms with van der Waals surface area (Å²) in [6.45, 7) is 19.6. The molecule has 0 bridgehead atoms. The van der Waals surface area contributed by atoms with Crippen LogP contribution in [0.4, 0.5) is 4.79 Å². The number of nitrogens with zero attached hydrogens (tertiary/aromatic N) is 1. The zero-order valence-corrected chi connectivity index (χ0v) is 24.3. The van der Waals surface area contributed by atoms with Crippen molar-refractivity contribution in [3.8, 4) is 11.5 Å². The molecule has 0 atom stereocenters. The number of fused-ring (bicyclic) bond motifs is 1. The van der Waals surface area contributed by atoms with Crippen LogP contribution in [0.25, 0.3) is 11.0 Å². The van der Waals surface area contributed by atoms with E-state index in [0.717, 1.165) is 23.9 Å². The van der Waals surface area contributed by atoms with Gasteiger partial charge in [-0.25, -0.2) is 9.78 Å². The third-order valence-electron chi connectivity index (χ3n) is 7.59. The van der Waals surface area contributed by atoms with E-state index >= 15 is 0 Å². The van der Waals surface area contributed by atoms with Gasteiger partial charge in [0.2, 0.25) is 0 Å². The largest absolute Gasteiger partial charge is 0.444 e. The summed E-state index contributed by atoms with van der Waals surface area (Å²) in [6.07, 6.45) is 2.96. The topological polar surface area (TPSA) is 110 Å². The summed E-state index contributed by atoms with van der Waals surface area (Å²) in [5.74, 6) is 2.91. The van der Waals surface area contributed by atoms with Crippen LogP contribution in [0.1, 0.15) is 96.8 Å². The number of nitrogens with two attached hydrogens (primary N) is 1. The number of ether oxygens (including phenoxy) is 1. The number of H-pyrrole nitrogens is 1. The van der Waals surface area contributed by atoms with E-state index in [1.54, 1.807) is 0 Å². The molecule has 0 unspecified atom stereocenters. The lowest BCUT2D eigenvalue weighted by Crippen LogP contribution is -2.43. The van der Waals surface area contributed by atoms with Crippen LogP contribution in [0.2, 0.25) is 16.6 Å². The van der Waals surface area contributed by atoms with Crippen molar-refractivity contribution in [2.45, 2.75) is 103 Å². The summed E-state index contributed by atoms with van der Waals surface area (Å²) in [5.41, 5.74) is 12.8. The molecule has 36 heavy (non-hydrogen) atoms. The first-order valence-corrected chi connectivity index (χ1v) is 15.2. The number of aromatic amines is 1. The van der Waals surface area contributed by atoms with Gasteiger partial charge in [0, 0.05) is 34.8 Å². The molecule has 1 saturated carbocycles. The van der Waals surface area contributed by atoms with E-state index < -0.39 is 25.7 Å². The first-order valence-electron chi connectivity index (χ1n) is 12.9. The Labute approximate surface area is 216 Å². The Morgan fingerprint density at radius 1 is 1.17 bits per heavy atom. The summed E-state index contributed by atoms with van der Waals surface area (Å²) in [4.78, 5) is 32.5. The van der Waals surface area contributed by atoms with Crippen LogP contribution >= 0.6 is 0 Å². The minimum absolute atomic E-state index is 0.207. The van der Waals surface area contributed by atoms with Gasteiger partial charge in [-0.2, -0.15) is 0 Å². The van der Waals surface area contributed by atoms with Gasteiger partial charge in [0.15, 0.2) is 0 Å². The summed E-state index contributed by atoms with van der Waals surface area (Å²) >= 11 is 0. The number of pyridine rings is 1. The number of carbonyl (C=O) groups excluding carboxylic acids is 2. The van der Waals surface area contributed by atoms with Gasteiger partial charge in [-0.05, 0) is 56.3 Å². The monoisotopic (exact) mass is 510 g/mol. The molecular formula is C28H42N4O3Si. The highest BCUT2D eigenvalue weighted by Crippen LogP contribution is 2.48. The lowest BCUT2D eigenvalue weighted by atomic mass is 10.0. The molecular weight excluding hydrogens is 468 g/mol. The van der Waals surface area contributed by atoms with Crippen LogP contribution < -0.4 is 11.1 Å². The zero-order chi connectivity index (χ0) is 27.1. The van der Waals surface area contributed by atoms with Crippen LogP contribution in [0.3, 0.4) is 0 Å². The third kappa shape index (κ3) is 5.46. The maximum Gasteiger partial charge on any atom is 0.407 e. The number of primary amides is 1. The van der Waals surface area contributed by atoms with E-state index in [4.69, 9.17) is 10.5 Å². The highest BCUT2D eigenvalue weighted by atomic mass is 28.3. The molecule has 2 aromatic heterocycles. The second-order valence-electron chi connectivity index (χ2n) is 12.1. The van der Waals surface area contributed by atoms with E-state index in [1.165, 1.54) is 6.20 Å². The van der Waals surface area contributed by atoms with Crippen LogP contribution in [-0.4, -0.2) is 42.2 Å². The molecule has 8 heteroatoms. The molecule has 196 valence electrons. The number of amides is 2. The van der Waals surface area contributed by atoms with Gasteiger partial charge in [0.25, 0.3) is 5.91 Å². The Bertz CT molecular complexity index is 1190. The maximum atomic E-state index is 12.4. The van der Waals surface area contributed by atoms with E-state index in [1.807, 2.05) is 26.8 Å². The highest BCUT2D eigenvalue weighted by molar-refractivity contribution is 6.90. The molecule has 2 heterocycles. The molecule has 7 nitrogen and oxygen atoms in total. The molecule has 0 aliphatic heterocycles. The Hall–Kier alpha value is -2.79. The molecule has 0 aromatic carbocycles. The van der Waals surface area contributed by atoms with Gasteiger partial charge < -0.3 is 20.8 Å². The standard InChI is InChI=1S/C28H42N4O3Si/c1-17(2)36(18(3)4,19(5)6)13-10-20-21-14-23(32-25(21)30-15-22(20)24(29)33)28(11-12-28)16-31-26(34)35-27(7,8)9/h14-15,17-19H,11-12,16H2,1-9H3,(H2,29,33)(H,30,32)(H,31,34). The van der Waals surface area contributed by atoms with Gasteiger partial charge >= 0.3 is 6.09 Å². The minimum Gasteiger partial charge on any atom is -0.444 e. The maximum absolute atomic E-state index is 12.4. The quantitative estimate of drug-likeness (QED) is 0.323. The number of rotatable bonds is 7. The fourth-order valence-corrected chi connectivity index (χ4v) is 10.7. The van der Waals surface area contributed by atoms with Crippen LogP contribution in [0.15, 0.2) is 12.3 Å². The first kappa shape index (κ1) is 27.8. The van der Waals surface area contributed by atoms with Crippen LogP contribution in [0, 0.1) is 11.5 Å². The Morgan fingerprint density at radius 3 is 2.22 bits per heavy atom. The molecule has 1 aliphatic rings. The lowest BCUT2D eigenvalue weighted by Gasteiger charge is -2.38. The minimum atomic E-state index is -2.02. The summed E-state index contributed by atoms with van der Waals surface area (Å²) in [5, 5.41) is 3.72. The molecule has 0 radical (unpaired) electrons. The second-order valence-corrected chi connectivity index (χ2v) is 17.7. The number of hydrogen-bond acceptors (Lipinski definition) is 4. The summed E-state index contributed by atoms with van der Waals surface area (Å²) < 4.78 is 5.40. The summed E-state index contributed by atoms with van der Waals surface area (Å²) in [6, 6.07) is 2.03. The highest BCUT2D eigenvalue weighted by Gasteiger charge is 2.46. The molecule has 2 amide bonds. The predicted molar refractivity (Wildman–Crippen MR) is 148 cm³/mol. The molecule has 1 aliphatic carbocycles. The van der Waals surface area contributed by atoms with E-state index in [0.29, 0.717) is 39.9 Å². The molecule has 1 fully saturated rings. The number of aromatic nitrogens is 2. The van der Waals surface area contributed by atoms with Crippen molar-refractivity contribution in [3.05, 3.63) is 29.1 Å². The normalized spacial score (nSPS) is 15.2. The second kappa shape index (κ2) is 9.93. The molecule has 0 saturated heterocycles. The fourth-order valence-electron chi connectivity index (χ4n) is 5.53. The van der Waals surface area contributed by atoms with Crippen molar-refractivity contribution in [1.82, 2.24) is 15.3 Å². The van der Waals surface area contributed by atoms with Crippen molar-refractivity contribution in [2.24, 2.45) is 5.73 Å². The number of alkyl carbamates (subject to hydrolysis) is 1. The van der Waals surface area contributed by atoms with Crippen molar-refractivity contribution in [1.29, 1.82) is 0 Å². The van der Waals surface area contributed by atoms with Gasteiger partial charge in [-0.1, -0.05) is 47.5 Å². The first-order chi connectivity index (χ1) is 16.6. The SMILES string of the molecule is CC(C)[Si](C#Cc1c(C(N)=O)cnc2[nH]c(C3(CNC(=O)OC(C)(C)C)CC3)cc12)(C(C)C)C(C)C. The summed E-state index contributed by atoms with van der Waals surface area (Å²) in [7, 11) is -2.02. The van der Waals surface area contributed by atoms with Crippen molar-refractivity contribution >= 4 is 31.1 Å². The van der Waals surface area contributed by atoms with Gasteiger partial charge in [-0.3, -0.25) is 4.79 Å². The number of nitrogens with one attached hydrogen (secondary N) is 2. The lowest BCUT2D eigenvalue weighted by molar-refractivity contribution is 0.0522. The average molecular weight is 511 g/mol. The van der Waals surface area contributed by atoms with Gasteiger partial charge in [-0.15, -0.1) is 5.54 Å². The number of carbonyl (C=O) groups is 2. The fraction of sp³-hybridized carbons (Fsp3) is 0.607. The van der Waals surface area contributed by atoms with Gasteiger partial charge in [0.05, 0.1) is 5.56 Å². The molecule has 2 aromatic rings. The third-order valence-corrected chi connectivity index (χ3v) is 13.9. The van der Waals surface area contributed by atoms with E-state index in [-0.39, 0.29) is 5.41 Å². The molecule has 3 rings (SSSR count). The van der Waals surface area contributed by atoms with Crippen LogP contribution in [0.5, 0.6) is 0 Å².